The van der Waals surface area contributed by atoms with Crippen LogP contribution in [0.5, 0.6) is 5.75 Å². The topological polar surface area (TPSA) is 94.5 Å². The molecule has 106 valence electrons. The van der Waals surface area contributed by atoms with Gasteiger partial charge >= 0.3 is 6.03 Å². The van der Waals surface area contributed by atoms with Crippen LogP contribution in [0, 0.1) is 0 Å². The maximum atomic E-state index is 10.9. The number of imidazole rings is 1. The van der Waals surface area contributed by atoms with Crippen molar-refractivity contribution < 1.29 is 9.53 Å². The largest absolute Gasteiger partial charge is 0.496 e. The Morgan fingerprint density at radius 1 is 1.43 bits per heavy atom. The Morgan fingerprint density at radius 2 is 2.29 bits per heavy atom. The molecule has 0 aliphatic rings. The molecule has 0 aliphatic heterocycles. The van der Waals surface area contributed by atoms with Gasteiger partial charge in [0.2, 0.25) is 0 Å². The number of amides is 2. The number of carbonyl (C=O) groups excluding carboxylic acids is 1. The van der Waals surface area contributed by atoms with E-state index in [-0.39, 0.29) is 0 Å². The summed E-state index contributed by atoms with van der Waals surface area (Å²) in [6, 6.07) is 4.63. The fraction of sp³-hybridized carbons (Fsp3) is 0.0714. The lowest BCUT2D eigenvalue weighted by atomic mass is 10.1. The number of carbonyl (C=O) groups is 1. The fourth-order valence-corrected chi connectivity index (χ4v) is 2.10. The van der Waals surface area contributed by atoms with Crippen LogP contribution in [0.1, 0.15) is 0 Å². The quantitative estimate of drug-likeness (QED) is 0.767. The number of urea groups is 1. The predicted molar refractivity (Wildman–Crippen MR) is 78.2 cm³/mol. The number of hydrogen-bond acceptors (Lipinski definition) is 4. The fourth-order valence-electron chi connectivity index (χ4n) is 2.10. The van der Waals surface area contributed by atoms with Crippen molar-refractivity contribution in [2.45, 2.75) is 0 Å². The van der Waals surface area contributed by atoms with E-state index in [9.17, 15) is 4.79 Å². The Morgan fingerprint density at radius 3 is 3.00 bits per heavy atom. The molecule has 1 aromatic carbocycles. The number of nitrogens with one attached hydrogen (secondary N) is 1. The first-order chi connectivity index (χ1) is 10.2. The number of fused-ring (bicyclic) bond motifs is 1. The summed E-state index contributed by atoms with van der Waals surface area (Å²) in [6.07, 6.45) is 7.08. The number of methoxy groups -OCH3 is 1. The molecule has 0 saturated heterocycles. The summed E-state index contributed by atoms with van der Waals surface area (Å²) in [6.45, 7) is 0. The van der Waals surface area contributed by atoms with Crippen molar-refractivity contribution in [3.8, 4) is 17.0 Å². The van der Waals surface area contributed by atoms with E-state index < -0.39 is 6.03 Å². The van der Waals surface area contributed by atoms with Crippen LogP contribution in [0.2, 0.25) is 0 Å². The van der Waals surface area contributed by atoms with Crippen LogP contribution in [0.15, 0.2) is 43.0 Å². The maximum Gasteiger partial charge on any atom is 0.316 e. The van der Waals surface area contributed by atoms with Gasteiger partial charge in [-0.2, -0.15) is 0 Å². The highest BCUT2D eigenvalue weighted by Gasteiger charge is 2.11. The molecule has 0 bridgehead atoms. The number of aromatic nitrogens is 3. The zero-order valence-corrected chi connectivity index (χ0v) is 11.3. The average Bonchev–Trinajstić information content (AvgIpc) is 2.90. The van der Waals surface area contributed by atoms with Gasteiger partial charge < -0.3 is 20.2 Å². The van der Waals surface area contributed by atoms with Gasteiger partial charge in [0.05, 0.1) is 19.0 Å². The number of nitrogens with zero attached hydrogens (tertiary/aromatic N) is 3. The Labute approximate surface area is 120 Å². The molecule has 0 unspecified atom stereocenters. The summed E-state index contributed by atoms with van der Waals surface area (Å²) in [5.41, 5.74) is 7.98. The smallest absolute Gasteiger partial charge is 0.316 e. The van der Waals surface area contributed by atoms with E-state index in [0.29, 0.717) is 11.4 Å². The summed E-state index contributed by atoms with van der Waals surface area (Å²) < 4.78 is 7.23. The van der Waals surface area contributed by atoms with Gasteiger partial charge in [0.1, 0.15) is 5.75 Å². The molecule has 2 heterocycles. The third kappa shape index (κ3) is 2.48. The first-order valence-electron chi connectivity index (χ1n) is 6.21. The van der Waals surface area contributed by atoms with Gasteiger partial charge in [-0.15, -0.1) is 0 Å². The van der Waals surface area contributed by atoms with E-state index in [1.165, 1.54) is 0 Å². The number of benzene rings is 1. The minimum atomic E-state index is -0.622. The van der Waals surface area contributed by atoms with E-state index in [4.69, 9.17) is 10.5 Å². The minimum Gasteiger partial charge on any atom is -0.496 e. The molecule has 21 heavy (non-hydrogen) atoms. The lowest BCUT2D eigenvalue weighted by molar-refractivity contribution is 0.259. The van der Waals surface area contributed by atoms with Crippen LogP contribution < -0.4 is 15.8 Å². The average molecular weight is 283 g/mol. The third-order valence-corrected chi connectivity index (χ3v) is 3.01. The highest BCUT2D eigenvalue weighted by molar-refractivity contribution is 5.88. The summed E-state index contributed by atoms with van der Waals surface area (Å²) in [7, 11) is 1.56. The molecule has 3 aromatic rings. The summed E-state index contributed by atoms with van der Waals surface area (Å²) in [4.78, 5) is 19.4. The summed E-state index contributed by atoms with van der Waals surface area (Å²) in [5, 5.41) is 2.51. The van der Waals surface area contributed by atoms with Crippen LogP contribution in [-0.4, -0.2) is 27.5 Å². The predicted octanol–water partition coefficient (Wildman–Crippen LogP) is 1.90. The zero-order valence-electron chi connectivity index (χ0n) is 11.3. The highest BCUT2D eigenvalue weighted by Crippen LogP contribution is 2.31. The monoisotopic (exact) mass is 283 g/mol. The molecule has 2 aromatic heterocycles. The third-order valence-electron chi connectivity index (χ3n) is 3.01. The lowest BCUT2D eigenvalue weighted by Crippen LogP contribution is -2.19. The van der Waals surface area contributed by atoms with Gasteiger partial charge in [-0.1, -0.05) is 0 Å². The number of ether oxygens (including phenoxy) is 1. The molecule has 0 radical (unpaired) electrons. The second-order valence-electron chi connectivity index (χ2n) is 4.37. The number of hydrogen-bond donors (Lipinski definition) is 2. The van der Waals surface area contributed by atoms with Crippen molar-refractivity contribution in [2.24, 2.45) is 5.73 Å². The van der Waals surface area contributed by atoms with Gasteiger partial charge in [0.15, 0.2) is 5.65 Å². The van der Waals surface area contributed by atoms with Gasteiger partial charge in [0.25, 0.3) is 0 Å². The van der Waals surface area contributed by atoms with Gasteiger partial charge in [-0.05, 0) is 12.1 Å². The molecule has 7 nitrogen and oxygen atoms in total. The Balaban J connectivity index is 2.06. The molecule has 2 amide bonds. The number of nitrogens with two attached hydrogens (primary N) is 1. The zero-order chi connectivity index (χ0) is 14.8. The number of primary amides is 1. The molecule has 0 aliphatic carbocycles. The normalized spacial score (nSPS) is 10.5. The van der Waals surface area contributed by atoms with Gasteiger partial charge in [-0.25, -0.2) is 9.78 Å². The van der Waals surface area contributed by atoms with Crippen LogP contribution in [-0.2, 0) is 0 Å². The lowest BCUT2D eigenvalue weighted by Gasteiger charge is -2.09. The number of rotatable bonds is 3. The Hall–Kier alpha value is -3.09. The van der Waals surface area contributed by atoms with Crippen LogP contribution >= 0.6 is 0 Å². The van der Waals surface area contributed by atoms with Crippen LogP contribution in [0.25, 0.3) is 16.9 Å². The van der Waals surface area contributed by atoms with Gasteiger partial charge in [0, 0.05) is 35.9 Å². The van der Waals surface area contributed by atoms with Crippen molar-refractivity contribution in [2.75, 3.05) is 12.4 Å². The molecule has 0 fully saturated rings. The van der Waals surface area contributed by atoms with Crippen molar-refractivity contribution in [1.82, 2.24) is 14.4 Å². The highest BCUT2D eigenvalue weighted by atomic mass is 16.5. The first kappa shape index (κ1) is 12.9. The van der Waals surface area contributed by atoms with Crippen LogP contribution in [0.3, 0.4) is 0 Å². The second kappa shape index (κ2) is 5.12. The van der Waals surface area contributed by atoms with Crippen LogP contribution in [0.4, 0.5) is 10.5 Å². The molecule has 0 saturated carbocycles. The molecule has 3 N–H and O–H groups in total. The summed E-state index contributed by atoms with van der Waals surface area (Å²) >= 11 is 0. The summed E-state index contributed by atoms with van der Waals surface area (Å²) in [5.74, 6) is 0.595. The molecule has 0 atom stereocenters. The van der Waals surface area contributed by atoms with E-state index >= 15 is 0 Å². The number of anilines is 1. The molecule has 0 spiro atoms. The van der Waals surface area contributed by atoms with Crippen molar-refractivity contribution in [3.63, 3.8) is 0 Å². The SMILES string of the molecule is COc1cc(NC(N)=O)ccc1-c1cn2ccncc2n1. The minimum absolute atomic E-state index is 0.563. The Kier molecular flexibility index (Phi) is 3.15. The van der Waals surface area contributed by atoms with E-state index in [1.807, 2.05) is 22.9 Å². The molecule has 7 heteroatoms. The Bertz CT molecular complexity index is 779. The molecular weight excluding hydrogens is 270 g/mol. The van der Waals surface area contributed by atoms with Crippen molar-refractivity contribution >= 4 is 17.4 Å². The van der Waals surface area contributed by atoms with E-state index in [0.717, 1.165) is 16.9 Å². The van der Waals surface area contributed by atoms with Crippen molar-refractivity contribution in [1.29, 1.82) is 0 Å². The van der Waals surface area contributed by atoms with Crippen molar-refractivity contribution in [3.05, 3.63) is 43.0 Å². The van der Waals surface area contributed by atoms with Gasteiger partial charge in [-0.3, -0.25) is 4.98 Å². The standard InChI is InChI=1S/C14H13N5O2/c1-21-12-6-9(17-14(15)20)2-3-10(12)11-8-19-5-4-16-7-13(19)18-11/h2-8H,1H3,(H3,15,17,20). The first-order valence-corrected chi connectivity index (χ1v) is 6.21. The van der Waals surface area contributed by atoms with E-state index in [2.05, 4.69) is 15.3 Å². The second-order valence-corrected chi connectivity index (χ2v) is 4.37. The molecular formula is C14H13N5O2. The van der Waals surface area contributed by atoms with E-state index in [1.54, 1.807) is 31.6 Å². The maximum absolute atomic E-state index is 10.9. The molecule has 3 rings (SSSR count).